The summed E-state index contributed by atoms with van der Waals surface area (Å²) in [5.41, 5.74) is 2.29. The molecule has 0 radical (unpaired) electrons. The Morgan fingerprint density at radius 2 is 2.09 bits per heavy atom. The van der Waals surface area contributed by atoms with Gasteiger partial charge in [0, 0.05) is 25.8 Å². The van der Waals surface area contributed by atoms with Crippen LogP contribution in [0.1, 0.15) is 17.3 Å². The van der Waals surface area contributed by atoms with E-state index >= 15 is 0 Å². The molecule has 1 N–H and O–H groups in total. The molecular formula is C16H18N4O3. The smallest absolute Gasteiger partial charge is 0.277 e. The van der Waals surface area contributed by atoms with Crippen molar-refractivity contribution < 1.29 is 9.53 Å². The van der Waals surface area contributed by atoms with Gasteiger partial charge in [-0.3, -0.25) is 9.59 Å². The first-order valence-corrected chi connectivity index (χ1v) is 7.44. The number of benzene rings is 1. The van der Waals surface area contributed by atoms with Crippen molar-refractivity contribution in [2.75, 3.05) is 20.3 Å². The lowest BCUT2D eigenvalue weighted by molar-refractivity contribution is 0.0956. The summed E-state index contributed by atoms with van der Waals surface area (Å²) in [6, 6.07) is 6.95. The second-order valence-corrected chi connectivity index (χ2v) is 5.14. The normalized spacial score (nSPS) is 11.2. The molecule has 0 atom stereocenters. The van der Waals surface area contributed by atoms with Gasteiger partial charge in [-0.25, -0.2) is 4.52 Å². The summed E-state index contributed by atoms with van der Waals surface area (Å²) < 4.78 is 8.32. The lowest BCUT2D eigenvalue weighted by Crippen LogP contribution is -2.26. The van der Waals surface area contributed by atoms with Crippen LogP contribution in [0.2, 0.25) is 0 Å². The van der Waals surface area contributed by atoms with E-state index < -0.39 is 0 Å². The second kappa shape index (κ2) is 6.21. The van der Waals surface area contributed by atoms with Crippen molar-refractivity contribution >= 4 is 22.5 Å². The lowest BCUT2D eigenvalue weighted by Gasteiger charge is -2.12. The van der Waals surface area contributed by atoms with Crippen molar-refractivity contribution in [2.24, 2.45) is 0 Å². The fourth-order valence-corrected chi connectivity index (χ4v) is 2.63. The quantitative estimate of drug-likeness (QED) is 0.763. The van der Waals surface area contributed by atoms with Crippen molar-refractivity contribution in [3.8, 4) is 0 Å². The van der Waals surface area contributed by atoms with Crippen LogP contribution in [0.4, 0.5) is 0 Å². The van der Waals surface area contributed by atoms with Crippen molar-refractivity contribution in [1.29, 1.82) is 0 Å². The molecule has 7 heteroatoms. The van der Waals surface area contributed by atoms with Gasteiger partial charge in [0.2, 0.25) is 0 Å². The largest absolute Gasteiger partial charge is 0.383 e. The molecule has 7 nitrogen and oxygen atoms in total. The molecule has 0 unspecified atom stereocenters. The number of methoxy groups -OCH3 is 1. The van der Waals surface area contributed by atoms with Crippen molar-refractivity contribution in [3.05, 3.63) is 46.4 Å². The van der Waals surface area contributed by atoms with Gasteiger partial charge in [-0.1, -0.05) is 0 Å². The Balaban J connectivity index is 2.28. The van der Waals surface area contributed by atoms with Crippen LogP contribution < -0.4 is 10.9 Å². The number of rotatable bonds is 5. The van der Waals surface area contributed by atoms with Crippen LogP contribution in [0.3, 0.4) is 0 Å². The monoisotopic (exact) mass is 314 g/mol. The molecule has 0 aliphatic rings. The molecule has 2 aromatic heterocycles. The van der Waals surface area contributed by atoms with E-state index in [1.807, 2.05) is 13.0 Å². The maximum absolute atomic E-state index is 12.7. The highest BCUT2D eigenvalue weighted by molar-refractivity contribution is 5.97. The molecule has 1 amide bonds. The maximum Gasteiger partial charge on any atom is 0.277 e. The number of ether oxygens (including phenoxy) is 1. The first kappa shape index (κ1) is 15.2. The Morgan fingerprint density at radius 3 is 2.83 bits per heavy atom. The summed E-state index contributed by atoms with van der Waals surface area (Å²) in [6.07, 6.45) is 1.59. The molecule has 3 rings (SSSR count). The van der Waals surface area contributed by atoms with E-state index in [-0.39, 0.29) is 11.5 Å². The molecule has 0 fully saturated rings. The van der Waals surface area contributed by atoms with Crippen LogP contribution >= 0.6 is 0 Å². The zero-order chi connectivity index (χ0) is 16.4. The van der Waals surface area contributed by atoms with Gasteiger partial charge >= 0.3 is 0 Å². The minimum absolute atomic E-state index is 0.153. The van der Waals surface area contributed by atoms with E-state index in [0.29, 0.717) is 36.3 Å². The van der Waals surface area contributed by atoms with Crippen molar-refractivity contribution in [3.63, 3.8) is 0 Å². The van der Waals surface area contributed by atoms with Crippen LogP contribution in [0.25, 0.3) is 16.6 Å². The third kappa shape index (κ3) is 2.59. The zero-order valence-corrected chi connectivity index (χ0v) is 13.1. The number of carbonyl (C=O) groups is 1. The van der Waals surface area contributed by atoms with Crippen LogP contribution in [0.5, 0.6) is 0 Å². The zero-order valence-electron chi connectivity index (χ0n) is 13.1. The summed E-state index contributed by atoms with van der Waals surface area (Å²) in [6.45, 7) is 3.23. The fourth-order valence-electron chi connectivity index (χ4n) is 2.63. The van der Waals surface area contributed by atoms with E-state index in [1.54, 1.807) is 40.6 Å². The predicted octanol–water partition coefficient (Wildman–Crippen LogP) is 1.05. The van der Waals surface area contributed by atoms with E-state index in [2.05, 4.69) is 10.4 Å². The van der Waals surface area contributed by atoms with E-state index in [4.69, 9.17) is 4.74 Å². The number of hydrogen-bond acceptors (Lipinski definition) is 4. The second-order valence-electron chi connectivity index (χ2n) is 5.14. The van der Waals surface area contributed by atoms with Gasteiger partial charge in [-0.05, 0) is 31.2 Å². The molecule has 0 saturated heterocycles. The summed E-state index contributed by atoms with van der Waals surface area (Å²) in [5.74, 6) is -0.166. The number of carbonyl (C=O) groups excluding carboxylic acids is 1. The number of nitrogens with one attached hydrogen (secondary N) is 1. The van der Waals surface area contributed by atoms with Crippen LogP contribution in [-0.4, -0.2) is 40.3 Å². The first-order chi connectivity index (χ1) is 11.2. The van der Waals surface area contributed by atoms with Gasteiger partial charge in [-0.15, -0.1) is 0 Å². The molecule has 0 bridgehead atoms. The Bertz CT molecular complexity index is 926. The van der Waals surface area contributed by atoms with Gasteiger partial charge in [-0.2, -0.15) is 5.10 Å². The molecule has 1 aromatic carbocycles. The minimum atomic E-state index is -0.166. The number of nitrogens with zero attached hydrogens (tertiary/aromatic N) is 3. The minimum Gasteiger partial charge on any atom is -0.383 e. The standard InChI is InChI=1S/C16H18N4O3/c1-3-17-15(21)11-4-5-12-14(10-11)19(8-9-23-2)16(22)13-6-7-18-20(12)13/h4-7,10H,3,8-9H2,1-2H3,(H,17,21). The highest BCUT2D eigenvalue weighted by Crippen LogP contribution is 2.16. The number of aromatic nitrogens is 3. The third-order valence-corrected chi connectivity index (χ3v) is 3.72. The average molecular weight is 314 g/mol. The first-order valence-electron chi connectivity index (χ1n) is 7.44. The molecule has 23 heavy (non-hydrogen) atoms. The van der Waals surface area contributed by atoms with Crippen LogP contribution in [0, 0.1) is 0 Å². The summed E-state index contributed by atoms with van der Waals surface area (Å²) >= 11 is 0. The lowest BCUT2D eigenvalue weighted by atomic mass is 10.1. The van der Waals surface area contributed by atoms with E-state index in [0.717, 1.165) is 5.52 Å². The molecular weight excluding hydrogens is 296 g/mol. The Hall–Kier alpha value is -2.67. The third-order valence-electron chi connectivity index (χ3n) is 3.72. The molecule has 0 saturated carbocycles. The van der Waals surface area contributed by atoms with Gasteiger partial charge in [0.05, 0.1) is 23.8 Å². The Labute approximate surface area is 132 Å². The topological polar surface area (TPSA) is 77.6 Å². The highest BCUT2D eigenvalue weighted by Gasteiger charge is 2.14. The number of amides is 1. The number of fused-ring (bicyclic) bond motifs is 3. The maximum atomic E-state index is 12.7. The molecule has 3 aromatic rings. The van der Waals surface area contributed by atoms with Crippen LogP contribution in [0.15, 0.2) is 35.3 Å². The van der Waals surface area contributed by atoms with Gasteiger partial charge < -0.3 is 14.6 Å². The molecule has 0 aliphatic heterocycles. The average Bonchev–Trinajstić information content (AvgIpc) is 3.04. The fraction of sp³-hybridized carbons (Fsp3) is 0.312. The summed E-state index contributed by atoms with van der Waals surface area (Å²) in [5, 5.41) is 6.97. The van der Waals surface area contributed by atoms with Crippen molar-refractivity contribution in [2.45, 2.75) is 13.5 Å². The summed E-state index contributed by atoms with van der Waals surface area (Å²) in [4.78, 5) is 24.7. The molecule has 0 spiro atoms. The van der Waals surface area contributed by atoms with Gasteiger partial charge in [0.25, 0.3) is 11.5 Å². The van der Waals surface area contributed by atoms with E-state index in [9.17, 15) is 9.59 Å². The van der Waals surface area contributed by atoms with Crippen molar-refractivity contribution in [1.82, 2.24) is 19.5 Å². The molecule has 2 heterocycles. The molecule has 120 valence electrons. The van der Waals surface area contributed by atoms with Gasteiger partial charge in [0.1, 0.15) is 5.52 Å². The Kier molecular flexibility index (Phi) is 4.12. The SMILES string of the molecule is CCNC(=O)c1ccc2c(c1)n(CCOC)c(=O)c1ccnn12. The Morgan fingerprint density at radius 1 is 1.26 bits per heavy atom. The summed E-state index contributed by atoms with van der Waals surface area (Å²) in [7, 11) is 1.59. The number of hydrogen-bond donors (Lipinski definition) is 1. The molecule has 0 aliphatic carbocycles. The van der Waals surface area contributed by atoms with Gasteiger partial charge in [0.15, 0.2) is 0 Å². The highest BCUT2D eigenvalue weighted by atomic mass is 16.5. The predicted molar refractivity (Wildman–Crippen MR) is 86.8 cm³/mol. The van der Waals surface area contributed by atoms with E-state index in [1.165, 1.54) is 0 Å². The van der Waals surface area contributed by atoms with Crippen LogP contribution in [-0.2, 0) is 11.3 Å².